The van der Waals surface area contributed by atoms with Gasteiger partial charge >= 0.3 is 0 Å². The van der Waals surface area contributed by atoms with Gasteiger partial charge in [0.05, 0.1) is 0 Å². The number of nitrogens with one attached hydrogen (secondary N) is 1. The second-order valence-corrected chi connectivity index (χ2v) is 8.23. The molecule has 0 aliphatic carbocycles. The zero-order chi connectivity index (χ0) is 20.1. The molecule has 0 unspecified atom stereocenters. The highest BCUT2D eigenvalue weighted by molar-refractivity contribution is 7.98. The first kappa shape index (κ1) is 20.1. The van der Waals surface area contributed by atoms with Crippen LogP contribution in [0.3, 0.4) is 0 Å². The molecule has 0 atom stereocenters. The lowest BCUT2D eigenvalue weighted by Gasteiger charge is -2.07. The number of hydrogen-bond donors (Lipinski definition) is 2. The number of nitrogen functional groups attached to an aromatic ring is 1. The minimum Gasteiger partial charge on any atom is -0.375 e. The zero-order valence-electron chi connectivity index (χ0n) is 16.4. The molecule has 0 amide bonds. The third-order valence-corrected chi connectivity index (χ3v) is 5.44. The van der Waals surface area contributed by atoms with Gasteiger partial charge in [0.15, 0.2) is 15.8 Å². The lowest BCUT2D eigenvalue weighted by atomic mass is 10.2. The molecule has 2 aromatic carbocycles. The average Bonchev–Trinajstić information content (AvgIpc) is 3.03. The average molecular weight is 410 g/mol. The maximum Gasteiger partial charge on any atom is 0.182 e. The van der Waals surface area contributed by atoms with E-state index in [1.807, 2.05) is 19.1 Å². The minimum absolute atomic E-state index is 0.501. The molecule has 0 bridgehead atoms. The molecule has 0 radical (unpaired) electrons. The van der Waals surface area contributed by atoms with Crippen molar-refractivity contribution in [2.75, 3.05) is 17.3 Å². The number of aromatic nitrogens is 3. The SMILES string of the molecule is CSc1ccc(Nc2nc(C)nc3sc(N)nc23)cc1.Cc1cccc(C)c1. The van der Waals surface area contributed by atoms with E-state index in [1.54, 1.807) is 11.8 Å². The predicted octanol–water partition coefficient (Wildman–Crippen LogP) is 5.75. The van der Waals surface area contributed by atoms with Crippen molar-refractivity contribution in [2.45, 2.75) is 25.7 Å². The van der Waals surface area contributed by atoms with Crippen LogP contribution < -0.4 is 11.1 Å². The molecule has 2 heterocycles. The molecule has 0 fully saturated rings. The molecule has 4 aromatic rings. The Labute approximate surface area is 173 Å². The van der Waals surface area contributed by atoms with E-state index in [-0.39, 0.29) is 0 Å². The largest absolute Gasteiger partial charge is 0.375 e. The Kier molecular flexibility index (Phi) is 6.49. The Morgan fingerprint density at radius 3 is 2.18 bits per heavy atom. The van der Waals surface area contributed by atoms with E-state index in [4.69, 9.17) is 5.73 Å². The second kappa shape index (κ2) is 9.03. The van der Waals surface area contributed by atoms with Gasteiger partial charge in [-0.15, -0.1) is 11.8 Å². The zero-order valence-corrected chi connectivity index (χ0v) is 18.0. The smallest absolute Gasteiger partial charge is 0.182 e. The number of fused-ring (bicyclic) bond motifs is 1. The normalized spacial score (nSPS) is 10.4. The Bertz CT molecular complexity index is 1060. The van der Waals surface area contributed by atoms with Gasteiger partial charge < -0.3 is 11.1 Å². The van der Waals surface area contributed by atoms with Crippen molar-refractivity contribution in [1.82, 2.24) is 15.0 Å². The van der Waals surface area contributed by atoms with Crippen molar-refractivity contribution in [1.29, 1.82) is 0 Å². The Hall–Kier alpha value is -2.64. The van der Waals surface area contributed by atoms with Crippen LogP contribution in [0.15, 0.2) is 53.4 Å². The van der Waals surface area contributed by atoms with E-state index in [9.17, 15) is 0 Å². The van der Waals surface area contributed by atoms with Crippen LogP contribution >= 0.6 is 23.1 Å². The Morgan fingerprint density at radius 2 is 1.61 bits per heavy atom. The molecule has 5 nitrogen and oxygen atoms in total. The third-order valence-electron chi connectivity index (χ3n) is 3.91. The quantitative estimate of drug-likeness (QED) is 0.420. The summed E-state index contributed by atoms with van der Waals surface area (Å²) < 4.78 is 0. The lowest BCUT2D eigenvalue weighted by Crippen LogP contribution is -1.98. The first-order valence-corrected chi connectivity index (χ1v) is 10.8. The Morgan fingerprint density at radius 1 is 0.929 bits per heavy atom. The maximum absolute atomic E-state index is 5.75. The number of nitrogens with two attached hydrogens (primary N) is 1. The van der Waals surface area contributed by atoms with Crippen molar-refractivity contribution < 1.29 is 0 Å². The number of nitrogens with zero attached hydrogens (tertiary/aromatic N) is 3. The fourth-order valence-electron chi connectivity index (χ4n) is 2.65. The standard InChI is InChI=1S/C13H13N5S2.C8H10/c1-7-15-11(10-12(16-7)20-13(14)18-10)17-8-3-5-9(19-2)6-4-8;1-7-4-3-5-8(2)6-7/h3-6H,1-2H3,(H2,14,18)(H,15,16,17);3-6H,1-2H3. The van der Waals surface area contributed by atoms with Crippen molar-refractivity contribution in [3.05, 3.63) is 65.5 Å². The van der Waals surface area contributed by atoms with Gasteiger partial charge in [0.1, 0.15) is 11.3 Å². The molecule has 0 spiro atoms. The number of benzene rings is 2. The van der Waals surface area contributed by atoms with Crippen LogP contribution in [0.1, 0.15) is 17.0 Å². The van der Waals surface area contributed by atoms with Gasteiger partial charge in [-0.05, 0) is 51.3 Å². The monoisotopic (exact) mass is 409 g/mol. The van der Waals surface area contributed by atoms with Gasteiger partial charge in [-0.25, -0.2) is 15.0 Å². The molecule has 0 saturated carbocycles. The van der Waals surface area contributed by atoms with Crippen molar-refractivity contribution in [3.8, 4) is 0 Å². The van der Waals surface area contributed by atoms with Crippen LogP contribution in [0.4, 0.5) is 16.6 Å². The summed E-state index contributed by atoms with van der Waals surface area (Å²) in [6.45, 7) is 6.07. The predicted molar refractivity (Wildman–Crippen MR) is 122 cm³/mol. The van der Waals surface area contributed by atoms with Crippen LogP contribution in [-0.4, -0.2) is 21.2 Å². The summed E-state index contributed by atoms with van der Waals surface area (Å²) in [5.41, 5.74) is 10.1. The fraction of sp³-hybridized carbons (Fsp3) is 0.190. The molecular formula is C21H23N5S2. The highest BCUT2D eigenvalue weighted by atomic mass is 32.2. The minimum atomic E-state index is 0.501. The number of anilines is 3. The fourth-order valence-corrected chi connectivity index (χ4v) is 3.81. The van der Waals surface area contributed by atoms with E-state index in [1.165, 1.54) is 27.4 Å². The summed E-state index contributed by atoms with van der Waals surface area (Å²) >= 11 is 3.08. The van der Waals surface area contributed by atoms with Crippen LogP contribution in [0.5, 0.6) is 0 Å². The molecule has 3 N–H and O–H groups in total. The number of thiazole rings is 1. The number of aryl methyl sites for hydroxylation is 3. The van der Waals surface area contributed by atoms with Crippen molar-refractivity contribution >= 4 is 50.1 Å². The van der Waals surface area contributed by atoms with Crippen LogP contribution in [-0.2, 0) is 0 Å². The molecule has 0 aliphatic heterocycles. The molecule has 0 aliphatic rings. The van der Waals surface area contributed by atoms with Crippen LogP contribution in [0.2, 0.25) is 0 Å². The van der Waals surface area contributed by atoms with Gasteiger partial charge in [-0.1, -0.05) is 46.7 Å². The van der Waals surface area contributed by atoms with Crippen LogP contribution in [0.25, 0.3) is 10.3 Å². The molecular weight excluding hydrogens is 386 g/mol. The van der Waals surface area contributed by atoms with Gasteiger partial charge in [0, 0.05) is 10.6 Å². The second-order valence-electron chi connectivity index (χ2n) is 6.34. The maximum atomic E-state index is 5.75. The molecule has 0 saturated heterocycles. The van der Waals surface area contributed by atoms with E-state index in [0.29, 0.717) is 22.3 Å². The lowest BCUT2D eigenvalue weighted by molar-refractivity contribution is 1.09. The topological polar surface area (TPSA) is 76.7 Å². The van der Waals surface area contributed by atoms with Gasteiger partial charge in [-0.2, -0.15) is 0 Å². The number of hydrogen-bond acceptors (Lipinski definition) is 7. The summed E-state index contributed by atoms with van der Waals surface area (Å²) in [6, 6.07) is 16.6. The summed E-state index contributed by atoms with van der Waals surface area (Å²) in [5, 5.41) is 3.78. The third kappa shape index (κ3) is 5.21. The summed E-state index contributed by atoms with van der Waals surface area (Å²) in [6.07, 6.45) is 2.05. The summed E-state index contributed by atoms with van der Waals surface area (Å²) in [5.74, 6) is 1.39. The van der Waals surface area contributed by atoms with E-state index in [2.05, 4.69) is 76.8 Å². The summed E-state index contributed by atoms with van der Waals surface area (Å²) in [7, 11) is 0. The first-order valence-electron chi connectivity index (χ1n) is 8.79. The highest BCUT2D eigenvalue weighted by Gasteiger charge is 2.11. The number of thioether (sulfide) groups is 1. The van der Waals surface area contributed by atoms with Gasteiger partial charge in [0.2, 0.25) is 0 Å². The molecule has 4 rings (SSSR count). The van der Waals surface area contributed by atoms with Crippen molar-refractivity contribution in [3.63, 3.8) is 0 Å². The number of rotatable bonds is 3. The van der Waals surface area contributed by atoms with E-state index in [0.717, 1.165) is 10.5 Å². The van der Waals surface area contributed by atoms with Crippen LogP contribution in [0, 0.1) is 20.8 Å². The molecule has 144 valence electrons. The first-order chi connectivity index (χ1) is 13.4. The van der Waals surface area contributed by atoms with E-state index < -0.39 is 0 Å². The summed E-state index contributed by atoms with van der Waals surface area (Å²) in [4.78, 5) is 15.1. The molecule has 2 aromatic heterocycles. The van der Waals surface area contributed by atoms with Crippen molar-refractivity contribution in [2.24, 2.45) is 0 Å². The van der Waals surface area contributed by atoms with Gasteiger partial charge in [-0.3, -0.25) is 0 Å². The van der Waals surface area contributed by atoms with E-state index >= 15 is 0 Å². The molecule has 7 heteroatoms. The van der Waals surface area contributed by atoms with Gasteiger partial charge in [0.25, 0.3) is 0 Å². The highest BCUT2D eigenvalue weighted by Crippen LogP contribution is 2.29. The Balaban J connectivity index is 0.000000236. The molecule has 28 heavy (non-hydrogen) atoms.